The first-order valence-corrected chi connectivity index (χ1v) is 9.27. The summed E-state index contributed by atoms with van der Waals surface area (Å²) in [5, 5.41) is 2.85. The second-order valence-electron chi connectivity index (χ2n) is 6.71. The Morgan fingerprint density at radius 2 is 1.82 bits per heavy atom. The zero-order valence-corrected chi connectivity index (χ0v) is 16.1. The molecule has 2 aromatic carbocycles. The molecule has 0 atom stereocenters. The first-order valence-electron chi connectivity index (χ1n) is 9.27. The van der Waals surface area contributed by atoms with Crippen molar-refractivity contribution in [2.24, 2.45) is 0 Å². The summed E-state index contributed by atoms with van der Waals surface area (Å²) in [5.74, 6) is 2.18. The maximum atomic E-state index is 12.1. The van der Waals surface area contributed by atoms with E-state index in [2.05, 4.69) is 24.1 Å². The van der Waals surface area contributed by atoms with Gasteiger partial charge < -0.3 is 14.8 Å². The van der Waals surface area contributed by atoms with Crippen molar-refractivity contribution in [2.75, 3.05) is 6.61 Å². The van der Waals surface area contributed by atoms with E-state index < -0.39 is 0 Å². The Bertz CT molecular complexity index is 893. The van der Waals surface area contributed by atoms with Crippen molar-refractivity contribution in [1.29, 1.82) is 0 Å². The third-order valence-electron chi connectivity index (χ3n) is 4.16. The van der Waals surface area contributed by atoms with E-state index in [1.807, 2.05) is 60.7 Å². The summed E-state index contributed by atoms with van der Waals surface area (Å²) in [5.41, 5.74) is 2.17. The summed E-state index contributed by atoms with van der Waals surface area (Å²) in [4.78, 5) is 16.2. The number of pyridine rings is 1. The molecule has 0 bridgehead atoms. The molecule has 0 saturated carbocycles. The van der Waals surface area contributed by atoms with Gasteiger partial charge in [-0.25, -0.2) is 4.98 Å². The number of rotatable bonds is 8. The van der Waals surface area contributed by atoms with Gasteiger partial charge >= 0.3 is 0 Å². The molecule has 3 aromatic rings. The lowest BCUT2D eigenvalue weighted by molar-refractivity contribution is -0.123. The van der Waals surface area contributed by atoms with E-state index in [1.54, 1.807) is 12.3 Å². The summed E-state index contributed by atoms with van der Waals surface area (Å²) in [7, 11) is 0. The topological polar surface area (TPSA) is 60.5 Å². The molecule has 1 amide bonds. The molecule has 0 radical (unpaired) electrons. The van der Waals surface area contributed by atoms with Crippen LogP contribution in [0.2, 0.25) is 0 Å². The smallest absolute Gasteiger partial charge is 0.258 e. The van der Waals surface area contributed by atoms with Gasteiger partial charge in [-0.2, -0.15) is 0 Å². The fourth-order valence-corrected chi connectivity index (χ4v) is 2.60. The van der Waals surface area contributed by atoms with Crippen LogP contribution in [0.3, 0.4) is 0 Å². The largest absolute Gasteiger partial charge is 0.484 e. The van der Waals surface area contributed by atoms with Gasteiger partial charge in [0.1, 0.15) is 11.5 Å². The fraction of sp³-hybridized carbons (Fsp3) is 0.217. The normalized spacial score (nSPS) is 10.5. The summed E-state index contributed by atoms with van der Waals surface area (Å²) < 4.78 is 11.3. The average Bonchev–Trinajstić information content (AvgIpc) is 2.72. The van der Waals surface area contributed by atoms with Crippen molar-refractivity contribution in [3.8, 4) is 17.4 Å². The molecule has 0 spiro atoms. The molecule has 1 heterocycles. The number of hydrogen-bond donors (Lipinski definition) is 1. The minimum absolute atomic E-state index is 0.0227. The summed E-state index contributed by atoms with van der Waals surface area (Å²) >= 11 is 0. The van der Waals surface area contributed by atoms with E-state index in [0.29, 0.717) is 29.8 Å². The Balaban J connectivity index is 1.47. The molecular weight excluding hydrogens is 352 g/mol. The van der Waals surface area contributed by atoms with Gasteiger partial charge in [0.05, 0.1) is 0 Å². The molecular formula is C23H24N2O3. The zero-order valence-electron chi connectivity index (χ0n) is 16.1. The highest BCUT2D eigenvalue weighted by atomic mass is 16.5. The Labute approximate surface area is 165 Å². The minimum Gasteiger partial charge on any atom is -0.484 e. The molecule has 1 N–H and O–H groups in total. The zero-order chi connectivity index (χ0) is 19.8. The van der Waals surface area contributed by atoms with Crippen LogP contribution >= 0.6 is 0 Å². The van der Waals surface area contributed by atoms with Crippen molar-refractivity contribution in [3.05, 3.63) is 84.1 Å². The van der Waals surface area contributed by atoms with E-state index in [0.717, 1.165) is 5.56 Å². The Morgan fingerprint density at radius 3 is 2.54 bits per heavy atom. The van der Waals surface area contributed by atoms with E-state index in [4.69, 9.17) is 9.47 Å². The molecule has 0 fully saturated rings. The number of hydrogen-bond acceptors (Lipinski definition) is 4. The number of aromatic nitrogens is 1. The molecule has 0 saturated heterocycles. The molecule has 144 valence electrons. The summed E-state index contributed by atoms with van der Waals surface area (Å²) in [6.07, 6.45) is 1.68. The van der Waals surface area contributed by atoms with Gasteiger partial charge in [-0.15, -0.1) is 0 Å². The van der Waals surface area contributed by atoms with Crippen LogP contribution in [0.4, 0.5) is 0 Å². The Kier molecular flexibility index (Phi) is 6.63. The van der Waals surface area contributed by atoms with E-state index >= 15 is 0 Å². The van der Waals surface area contributed by atoms with E-state index in [9.17, 15) is 4.79 Å². The van der Waals surface area contributed by atoms with Crippen LogP contribution in [0.5, 0.6) is 17.4 Å². The van der Waals surface area contributed by atoms with E-state index in [-0.39, 0.29) is 12.5 Å². The van der Waals surface area contributed by atoms with Gasteiger partial charge in [0.2, 0.25) is 5.88 Å². The molecule has 1 aromatic heterocycles. The van der Waals surface area contributed by atoms with Crippen LogP contribution in [0.15, 0.2) is 72.9 Å². The number of benzene rings is 2. The Hall–Kier alpha value is -3.34. The predicted octanol–water partition coefficient (Wildman–Crippen LogP) is 4.69. The first kappa shape index (κ1) is 19.4. The maximum Gasteiger partial charge on any atom is 0.258 e. The number of carbonyl (C=O) groups excluding carboxylic acids is 1. The third-order valence-corrected chi connectivity index (χ3v) is 4.16. The van der Waals surface area contributed by atoms with Crippen LogP contribution in [-0.4, -0.2) is 17.5 Å². The lowest BCUT2D eigenvalue weighted by Crippen LogP contribution is -2.28. The predicted molar refractivity (Wildman–Crippen MR) is 109 cm³/mol. The molecule has 0 aliphatic carbocycles. The molecule has 3 rings (SSSR count). The number of carbonyl (C=O) groups is 1. The maximum absolute atomic E-state index is 12.1. The van der Waals surface area contributed by atoms with Crippen molar-refractivity contribution in [1.82, 2.24) is 10.3 Å². The van der Waals surface area contributed by atoms with Crippen molar-refractivity contribution < 1.29 is 14.3 Å². The van der Waals surface area contributed by atoms with Crippen LogP contribution in [-0.2, 0) is 11.3 Å². The average molecular weight is 376 g/mol. The second kappa shape index (κ2) is 9.55. The van der Waals surface area contributed by atoms with Crippen molar-refractivity contribution in [2.45, 2.75) is 26.3 Å². The third kappa shape index (κ3) is 5.84. The number of nitrogens with one attached hydrogen (secondary N) is 1. The van der Waals surface area contributed by atoms with Gasteiger partial charge in [-0.1, -0.05) is 44.2 Å². The highest BCUT2D eigenvalue weighted by Crippen LogP contribution is 2.20. The monoisotopic (exact) mass is 376 g/mol. The molecule has 28 heavy (non-hydrogen) atoms. The highest BCUT2D eigenvalue weighted by molar-refractivity contribution is 5.77. The van der Waals surface area contributed by atoms with Gasteiger partial charge in [-0.05, 0) is 47.4 Å². The SMILES string of the molecule is CC(C)c1ccc(OCC(=O)NCc2cccc(Oc3ccccn3)c2)cc1. The van der Waals surface area contributed by atoms with Gasteiger partial charge in [0.25, 0.3) is 5.91 Å². The van der Waals surface area contributed by atoms with Crippen LogP contribution in [0.1, 0.15) is 30.9 Å². The lowest BCUT2D eigenvalue weighted by atomic mass is 10.0. The van der Waals surface area contributed by atoms with Crippen LogP contribution < -0.4 is 14.8 Å². The van der Waals surface area contributed by atoms with Crippen molar-refractivity contribution in [3.63, 3.8) is 0 Å². The molecule has 5 heteroatoms. The Morgan fingerprint density at radius 1 is 1.00 bits per heavy atom. The van der Waals surface area contributed by atoms with Crippen LogP contribution in [0.25, 0.3) is 0 Å². The molecule has 0 unspecified atom stereocenters. The van der Waals surface area contributed by atoms with Gasteiger partial charge in [0, 0.05) is 18.8 Å². The first-order chi connectivity index (χ1) is 13.6. The standard InChI is InChI=1S/C23H24N2O3/c1-17(2)19-9-11-20(12-10-19)27-16-22(26)25-15-18-6-5-7-21(14-18)28-23-8-3-4-13-24-23/h3-14,17H,15-16H2,1-2H3,(H,25,26). The second-order valence-corrected chi connectivity index (χ2v) is 6.71. The number of amides is 1. The fourth-order valence-electron chi connectivity index (χ4n) is 2.60. The minimum atomic E-state index is -0.177. The van der Waals surface area contributed by atoms with Crippen LogP contribution in [0, 0.1) is 0 Å². The quantitative estimate of drug-likeness (QED) is 0.619. The molecule has 5 nitrogen and oxygen atoms in total. The number of ether oxygens (including phenoxy) is 2. The summed E-state index contributed by atoms with van der Waals surface area (Å²) in [6.45, 7) is 4.65. The highest BCUT2D eigenvalue weighted by Gasteiger charge is 2.05. The molecule has 0 aliphatic rings. The van der Waals surface area contributed by atoms with Gasteiger partial charge in [0.15, 0.2) is 6.61 Å². The lowest BCUT2D eigenvalue weighted by Gasteiger charge is -2.10. The van der Waals surface area contributed by atoms with E-state index in [1.165, 1.54) is 5.56 Å². The summed E-state index contributed by atoms with van der Waals surface area (Å²) in [6, 6.07) is 20.8. The number of nitrogens with zero attached hydrogens (tertiary/aromatic N) is 1. The van der Waals surface area contributed by atoms with Gasteiger partial charge in [-0.3, -0.25) is 4.79 Å². The van der Waals surface area contributed by atoms with Crippen molar-refractivity contribution >= 4 is 5.91 Å². The molecule has 0 aliphatic heterocycles.